The van der Waals surface area contributed by atoms with Crippen LogP contribution in [0.3, 0.4) is 0 Å². The summed E-state index contributed by atoms with van der Waals surface area (Å²) < 4.78 is 5.42. The third-order valence-corrected chi connectivity index (χ3v) is 4.85. The van der Waals surface area contributed by atoms with Crippen molar-refractivity contribution in [2.24, 2.45) is 5.92 Å². The van der Waals surface area contributed by atoms with Crippen molar-refractivity contribution in [2.75, 3.05) is 39.4 Å². The molecule has 0 aromatic heterocycles. The Labute approximate surface area is 134 Å². The Morgan fingerprint density at radius 3 is 2.68 bits per heavy atom. The molecule has 2 fully saturated rings. The number of nitriles is 1. The van der Waals surface area contributed by atoms with Gasteiger partial charge in [0, 0.05) is 25.6 Å². The van der Waals surface area contributed by atoms with E-state index in [0.29, 0.717) is 18.9 Å². The van der Waals surface area contributed by atoms with Crippen LogP contribution < -0.4 is 0 Å². The zero-order chi connectivity index (χ0) is 15.8. The Morgan fingerprint density at radius 2 is 2.09 bits per heavy atom. The van der Waals surface area contributed by atoms with Gasteiger partial charge in [-0.3, -0.25) is 9.69 Å². The lowest BCUT2D eigenvalue weighted by Gasteiger charge is -2.33. The minimum absolute atomic E-state index is 0.0703. The zero-order valence-corrected chi connectivity index (χ0v) is 13.8. The van der Waals surface area contributed by atoms with Crippen LogP contribution in [0.25, 0.3) is 0 Å². The Kier molecular flexibility index (Phi) is 7.14. The molecule has 5 nitrogen and oxygen atoms in total. The first-order chi connectivity index (χ1) is 10.7. The number of rotatable bonds is 6. The van der Waals surface area contributed by atoms with Crippen LogP contribution in [0.4, 0.5) is 0 Å². The Hall–Kier alpha value is -1.12. The van der Waals surface area contributed by atoms with Crippen LogP contribution in [0.15, 0.2) is 0 Å². The number of carbonyl (C=O) groups is 1. The summed E-state index contributed by atoms with van der Waals surface area (Å²) in [6.45, 7) is 6.89. The highest BCUT2D eigenvalue weighted by molar-refractivity contribution is 5.81. The largest absolute Gasteiger partial charge is 0.381 e. The number of likely N-dealkylation sites (tertiary alicyclic amines) is 1. The monoisotopic (exact) mass is 307 g/mol. The van der Waals surface area contributed by atoms with Crippen molar-refractivity contribution < 1.29 is 9.53 Å². The van der Waals surface area contributed by atoms with Gasteiger partial charge in [0.1, 0.15) is 0 Å². The van der Waals surface area contributed by atoms with Gasteiger partial charge >= 0.3 is 0 Å². The zero-order valence-electron chi connectivity index (χ0n) is 13.8. The van der Waals surface area contributed by atoms with E-state index in [1.807, 2.05) is 11.8 Å². The molecule has 2 saturated heterocycles. The number of carbonyl (C=O) groups excluding carboxylic acids is 1. The number of hydrogen-bond donors (Lipinski definition) is 0. The summed E-state index contributed by atoms with van der Waals surface area (Å²) >= 11 is 0. The molecule has 2 rings (SSSR count). The van der Waals surface area contributed by atoms with E-state index >= 15 is 0 Å². The van der Waals surface area contributed by atoms with Crippen LogP contribution in [0, 0.1) is 17.2 Å². The van der Waals surface area contributed by atoms with E-state index in [-0.39, 0.29) is 11.9 Å². The predicted molar refractivity (Wildman–Crippen MR) is 85.2 cm³/mol. The van der Waals surface area contributed by atoms with Crippen LogP contribution in [-0.4, -0.2) is 61.1 Å². The average molecular weight is 307 g/mol. The minimum Gasteiger partial charge on any atom is -0.381 e. The summed E-state index contributed by atoms with van der Waals surface area (Å²) in [4.78, 5) is 17.1. The molecule has 0 saturated carbocycles. The summed E-state index contributed by atoms with van der Waals surface area (Å²) in [5.74, 6) is 0.614. The number of amides is 1. The van der Waals surface area contributed by atoms with Gasteiger partial charge in [0.05, 0.1) is 25.1 Å². The number of nitrogens with zero attached hydrogens (tertiary/aromatic N) is 3. The molecule has 0 radical (unpaired) electrons. The van der Waals surface area contributed by atoms with Crippen LogP contribution >= 0.6 is 0 Å². The molecule has 2 atom stereocenters. The molecule has 2 aliphatic rings. The maximum Gasteiger partial charge on any atom is 0.239 e. The second kappa shape index (κ2) is 9.12. The van der Waals surface area contributed by atoms with Crippen LogP contribution in [-0.2, 0) is 9.53 Å². The van der Waals surface area contributed by atoms with E-state index in [9.17, 15) is 4.79 Å². The molecule has 124 valence electrons. The summed E-state index contributed by atoms with van der Waals surface area (Å²) in [6.07, 6.45) is 6.35. The second-order valence-corrected chi connectivity index (χ2v) is 6.55. The Morgan fingerprint density at radius 1 is 1.36 bits per heavy atom. The van der Waals surface area contributed by atoms with Crippen LogP contribution in [0.2, 0.25) is 0 Å². The van der Waals surface area contributed by atoms with Gasteiger partial charge in [0.2, 0.25) is 5.91 Å². The summed E-state index contributed by atoms with van der Waals surface area (Å²) in [6, 6.07) is 2.10. The van der Waals surface area contributed by atoms with Crippen molar-refractivity contribution in [3.63, 3.8) is 0 Å². The lowest BCUT2D eigenvalue weighted by atomic mass is 10.1. The lowest BCUT2D eigenvalue weighted by molar-refractivity contribution is -0.137. The highest BCUT2D eigenvalue weighted by Crippen LogP contribution is 2.17. The molecule has 1 amide bonds. The topological polar surface area (TPSA) is 56.6 Å². The van der Waals surface area contributed by atoms with Gasteiger partial charge in [0.15, 0.2) is 0 Å². The van der Waals surface area contributed by atoms with E-state index in [1.165, 1.54) is 25.7 Å². The molecular formula is C17H29N3O2. The summed E-state index contributed by atoms with van der Waals surface area (Å²) in [7, 11) is 0. The molecule has 5 heteroatoms. The average Bonchev–Trinajstić information content (AvgIpc) is 2.89. The van der Waals surface area contributed by atoms with Crippen molar-refractivity contribution in [2.45, 2.75) is 51.5 Å². The van der Waals surface area contributed by atoms with E-state index < -0.39 is 0 Å². The van der Waals surface area contributed by atoms with Gasteiger partial charge < -0.3 is 9.64 Å². The molecule has 22 heavy (non-hydrogen) atoms. The van der Waals surface area contributed by atoms with Crippen LogP contribution in [0.1, 0.15) is 45.4 Å². The molecule has 0 unspecified atom stereocenters. The number of hydrogen-bond acceptors (Lipinski definition) is 4. The van der Waals surface area contributed by atoms with Gasteiger partial charge in [0.25, 0.3) is 0 Å². The fourth-order valence-electron chi connectivity index (χ4n) is 3.42. The maximum absolute atomic E-state index is 12.9. The highest BCUT2D eigenvalue weighted by Gasteiger charge is 2.28. The Balaban J connectivity index is 1.94. The molecule has 0 aliphatic carbocycles. The third kappa shape index (κ3) is 4.96. The van der Waals surface area contributed by atoms with Gasteiger partial charge in [-0.05, 0) is 39.3 Å². The smallest absolute Gasteiger partial charge is 0.239 e. The fraction of sp³-hybridized carbons (Fsp3) is 0.882. The molecule has 2 aliphatic heterocycles. The quantitative estimate of drug-likeness (QED) is 0.753. The van der Waals surface area contributed by atoms with E-state index in [1.54, 1.807) is 0 Å². The lowest BCUT2D eigenvalue weighted by Crippen LogP contribution is -2.49. The maximum atomic E-state index is 12.9. The molecule has 0 spiro atoms. The van der Waals surface area contributed by atoms with Crippen molar-refractivity contribution in [1.29, 1.82) is 5.26 Å². The van der Waals surface area contributed by atoms with Crippen molar-refractivity contribution in [3.8, 4) is 6.07 Å². The second-order valence-electron chi connectivity index (χ2n) is 6.55. The first-order valence-electron chi connectivity index (χ1n) is 8.70. The molecule has 0 bridgehead atoms. The summed E-state index contributed by atoms with van der Waals surface area (Å²) in [5.41, 5.74) is 0. The minimum atomic E-state index is -0.0703. The van der Waals surface area contributed by atoms with Crippen molar-refractivity contribution in [1.82, 2.24) is 9.80 Å². The molecule has 0 N–H and O–H groups in total. The van der Waals surface area contributed by atoms with Crippen LogP contribution in [0.5, 0.6) is 0 Å². The third-order valence-electron chi connectivity index (χ3n) is 4.85. The standard InChI is InChI=1S/C17H29N3O2/c1-15(19-9-4-2-3-5-10-19)17(21)20(11-6-8-18)13-16-7-12-22-14-16/h15-16H,2-7,9-14H2,1H3/t15-,16+/m0/s1. The Bertz CT molecular complexity index is 380. The van der Waals surface area contributed by atoms with Crippen molar-refractivity contribution >= 4 is 5.91 Å². The van der Waals surface area contributed by atoms with Gasteiger partial charge in [-0.1, -0.05) is 12.8 Å². The van der Waals surface area contributed by atoms with E-state index in [2.05, 4.69) is 11.0 Å². The molecule has 2 heterocycles. The first-order valence-corrected chi connectivity index (χ1v) is 8.70. The normalized spacial score (nSPS) is 24.5. The van der Waals surface area contributed by atoms with Gasteiger partial charge in [-0.2, -0.15) is 5.26 Å². The first kappa shape index (κ1) is 17.2. The van der Waals surface area contributed by atoms with E-state index in [4.69, 9.17) is 10.00 Å². The molecule has 0 aromatic rings. The van der Waals surface area contributed by atoms with Crippen molar-refractivity contribution in [3.05, 3.63) is 0 Å². The van der Waals surface area contributed by atoms with Gasteiger partial charge in [-0.15, -0.1) is 0 Å². The fourth-order valence-corrected chi connectivity index (χ4v) is 3.42. The SMILES string of the molecule is C[C@@H](C(=O)N(CCC#N)C[C@H]1CCOC1)N1CCCCCC1. The molecular weight excluding hydrogens is 278 g/mol. The number of ether oxygens (including phenoxy) is 1. The highest BCUT2D eigenvalue weighted by atomic mass is 16.5. The predicted octanol–water partition coefficient (Wildman–Crippen LogP) is 2.03. The summed E-state index contributed by atoms with van der Waals surface area (Å²) in [5, 5.41) is 8.86. The van der Waals surface area contributed by atoms with E-state index in [0.717, 1.165) is 39.3 Å². The molecule has 0 aromatic carbocycles. The van der Waals surface area contributed by atoms with Gasteiger partial charge in [-0.25, -0.2) is 0 Å².